The second-order valence-corrected chi connectivity index (χ2v) is 9.44. The average Bonchev–Trinajstić information content (AvgIpc) is 3.29. The van der Waals surface area contributed by atoms with E-state index in [4.69, 9.17) is 9.47 Å². The van der Waals surface area contributed by atoms with Gasteiger partial charge in [0.25, 0.3) is 5.91 Å². The van der Waals surface area contributed by atoms with E-state index >= 15 is 0 Å². The molecule has 1 fully saturated rings. The van der Waals surface area contributed by atoms with Gasteiger partial charge in [0.05, 0.1) is 24.3 Å². The zero-order valence-corrected chi connectivity index (χ0v) is 20.3. The summed E-state index contributed by atoms with van der Waals surface area (Å²) in [4.78, 5) is 22.7. The molecule has 180 valence electrons. The Hall–Kier alpha value is -2.38. The molecule has 3 heterocycles. The van der Waals surface area contributed by atoms with Crippen LogP contribution in [-0.4, -0.2) is 70.8 Å². The van der Waals surface area contributed by atoms with Crippen LogP contribution < -0.4 is 4.74 Å². The molecule has 1 amide bonds. The topological polar surface area (TPSA) is 59.8 Å². The number of rotatable bonds is 4. The van der Waals surface area contributed by atoms with E-state index in [9.17, 15) is 4.79 Å². The van der Waals surface area contributed by atoms with Crippen molar-refractivity contribution in [3.8, 4) is 5.75 Å². The number of piperidine rings is 1. The largest absolute Gasteiger partial charge is 0.491 e. The van der Waals surface area contributed by atoms with Crippen LogP contribution in [0.4, 0.5) is 0 Å². The summed E-state index contributed by atoms with van der Waals surface area (Å²) < 4.78 is 14.2. The van der Waals surface area contributed by atoms with Crippen LogP contribution in [0.1, 0.15) is 68.2 Å². The Balaban J connectivity index is 1.56. The van der Waals surface area contributed by atoms with Gasteiger partial charge in [-0.05, 0) is 58.2 Å². The predicted octanol–water partition coefficient (Wildman–Crippen LogP) is 4.15. The van der Waals surface area contributed by atoms with Crippen molar-refractivity contribution >= 4 is 5.91 Å². The lowest BCUT2D eigenvalue weighted by molar-refractivity contribution is -0.0155. The van der Waals surface area contributed by atoms with E-state index in [0.717, 1.165) is 64.1 Å². The number of imidazole rings is 1. The summed E-state index contributed by atoms with van der Waals surface area (Å²) in [5.74, 6) is 1.82. The van der Waals surface area contributed by atoms with Crippen LogP contribution in [0.2, 0.25) is 0 Å². The van der Waals surface area contributed by atoms with Crippen molar-refractivity contribution in [2.24, 2.45) is 0 Å². The summed E-state index contributed by atoms with van der Waals surface area (Å²) in [5, 5.41) is 0. The summed E-state index contributed by atoms with van der Waals surface area (Å²) in [7, 11) is 1.77. The molecule has 0 aliphatic carbocycles. The number of hydrogen-bond acceptors (Lipinski definition) is 5. The number of methoxy groups -OCH3 is 1. The van der Waals surface area contributed by atoms with Gasteiger partial charge >= 0.3 is 0 Å². The molecule has 0 unspecified atom stereocenters. The van der Waals surface area contributed by atoms with Gasteiger partial charge in [-0.1, -0.05) is 18.6 Å². The van der Waals surface area contributed by atoms with Crippen molar-refractivity contribution in [2.75, 3.05) is 33.4 Å². The molecule has 2 aliphatic heterocycles. The Morgan fingerprint density at radius 3 is 2.79 bits per heavy atom. The van der Waals surface area contributed by atoms with Gasteiger partial charge in [0, 0.05) is 38.6 Å². The van der Waals surface area contributed by atoms with E-state index in [1.165, 1.54) is 0 Å². The number of carbonyl (C=O) groups is 1. The predicted molar refractivity (Wildman–Crippen MR) is 129 cm³/mol. The highest BCUT2D eigenvalue weighted by atomic mass is 16.5. The van der Waals surface area contributed by atoms with Gasteiger partial charge < -0.3 is 18.9 Å². The van der Waals surface area contributed by atoms with Gasteiger partial charge in [0.15, 0.2) is 0 Å². The third kappa shape index (κ3) is 5.58. The minimum atomic E-state index is 0.0624. The van der Waals surface area contributed by atoms with Crippen molar-refractivity contribution in [1.82, 2.24) is 19.4 Å². The van der Waals surface area contributed by atoms with Crippen LogP contribution in [0.3, 0.4) is 0 Å². The van der Waals surface area contributed by atoms with E-state index < -0.39 is 0 Å². The monoisotopic (exact) mass is 454 g/mol. The summed E-state index contributed by atoms with van der Waals surface area (Å²) in [5.41, 5.74) is 0.653. The molecule has 0 saturated carbocycles. The number of para-hydroxylation sites is 1. The van der Waals surface area contributed by atoms with Gasteiger partial charge in [-0.25, -0.2) is 4.98 Å². The maximum atomic E-state index is 13.6. The Kier molecular flexibility index (Phi) is 8.04. The third-order valence-electron chi connectivity index (χ3n) is 6.96. The van der Waals surface area contributed by atoms with Crippen molar-refractivity contribution in [1.29, 1.82) is 0 Å². The van der Waals surface area contributed by atoms with Crippen LogP contribution in [0.15, 0.2) is 36.7 Å². The van der Waals surface area contributed by atoms with Crippen LogP contribution in [-0.2, 0) is 11.3 Å². The van der Waals surface area contributed by atoms with Crippen LogP contribution >= 0.6 is 0 Å². The van der Waals surface area contributed by atoms with E-state index in [0.29, 0.717) is 24.0 Å². The second kappa shape index (κ2) is 11.2. The first kappa shape index (κ1) is 23.8. The lowest BCUT2D eigenvalue weighted by atomic mass is 9.93. The van der Waals surface area contributed by atoms with Crippen LogP contribution in [0, 0.1) is 0 Å². The first-order valence-electron chi connectivity index (χ1n) is 12.4. The number of benzene rings is 1. The van der Waals surface area contributed by atoms with Crippen LogP contribution in [0.25, 0.3) is 0 Å². The maximum Gasteiger partial charge on any atom is 0.257 e. The highest BCUT2D eigenvalue weighted by molar-refractivity contribution is 5.97. The lowest BCUT2D eigenvalue weighted by Gasteiger charge is -2.41. The molecule has 2 aliphatic rings. The van der Waals surface area contributed by atoms with Crippen molar-refractivity contribution in [3.05, 3.63) is 48.0 Å². The minimum absolute atomic E-state index is 0.0624. The normalized spacial score (nSPS) is 23.2. The highest BCUT2D eigenvalue weighted by Gasteiger charge is 2.35. The zero-order chi connectivity index (χ0) is 23.2. The molecular formula is C26H38N4O3. The fraction of sp³-hybridized carbons (Fsp3) is 0.615. The molecule has 33 heavy (non-hydrogen) atoms. The maximum absolute atomic E-state index is 13.6. The molecule has 0 spiro atoms. The molecule has 7 heteroatoms. The van der Waals surface area contributed by atoms with E-state index in [1.54, 1.807) is 7.11 Å². The number of hydrogen-bond donors (Lipinski definition) is 0. The quantitative estimate of drug-likeness (QED) is 0.695. The Morgan fingerprint density at radius 2 is 1.97 bits per heavy atom. The SMILES string of the molecule is CO[C@H]1CCCN2C(=O)c3ccccc3OCCN(Cc3nccn3C(C)C)CCCC[C@@H]12. The smallest absolute Gasteiger partial charge is 0.257 e. The first-order chi connectivity index (χ1) is 16.1. The standard InChI is InChI=1S/C26H38N4O3/c1-20(2)29-16-13-27-25(29)19-28-14-7-6-10-22-24(32-3)12-8-15-30(22)26(31)21-9-4-5-11-23(21)33-18-17-28/h4-5,9,11,13,16,20,22,24H,6-8,10,12,14-15,17-19H2,1-3H3/t22-,24-/m0/s1. The Bertz CT molecular complexity index is 912. The van der Waals surface area contributed by atoms with Gasteiger partial charge in [-0.3, -0.25) is 9.69 Å². The second-order valence-electron chi connectivity index (χ2n) is 9.44. The lowest BCUT2D eigenvalue weighted by Crippen LogP contribution is -2.51. The van der Waals surface area contributed by atoms with Crippen LogP contribution in [0.5, 0.6) is 5.75 Å². The molecule has 7 nitrogen and oxygen atoms in total. The molecule has 0 N–H and O–H groups in total. The van der Waals surface area contributed by atoms with Crippen molar-refractivity contribution in [3.63, 3.8) is 0 Å². The summed E-state index contributed by atoms with van der Waals surface area (Å²) in [6, 6.07) is 8.15. The summed E-state index contributed by atoms with van der Waals surface area (Å²) in [6.07, 6.45) is 9.11. The number of aromatic nitrogens is 2. The molecule has 2 aromatic rings. The molecule has 2 atom stereocenters. The third-order valence-corrected chi connectivity index (χ3v) is 6.96. The van der Waals surface area contributed by atoms with Gasteiger partial charge in [-0.2, -0.15) is 0 Å². The molecule has 1 aromatic heterocycles. The first-order valence-corrected chi connectivity index (χ1v) is 12.4. The highest BCUT2D eigenvalue weighted by Crippen LogP contribution is 2.29. The molecule has 4 rings (SSSR count). The molecule has 0 radical (unpaired) electrons. The number of ether oxygens (including phenoxy) is 2. The van der Waals surface area contributed by atoms with Gasteiger partial charge in [-0.15, -0.1) is 0 Å². The number of carbonyl (C=O) groups excluding carboxylic acids is 1. The number of amides is 1. The number of fused-ring (bicyclic) bond motifs is 2. The van der Waals surface area contributed by atoms with E-state index in [2.05, 4.69) is 34.5 Å². The average molecular weight is 455 g/mol. The molecule has 0 bridgehead atoms. The van der Waals surface area contributed by atoms with Gasteiger partial charge in [0.2, 0.25) is 0 Å². The van der Waals surface area contributed by atoms with E-state index in [1.807, 2.05) is 35.4 Å². The number of nitrogens with zero attached hydrogens (tertiary/aromatic N) is 4. The zero-order valence-electron chi connectivity index (χ0n) is 20.3. The van der Waals surface area contributed by atoms with E-state index in [-0.39, 0.29) is 18.1 Å². The Labute approximate surface area is 197 Å². The molecule has 1 aromatic carbocycles. The fourth-order valence-corrected chi connectivity index (χ4v) is 5.19. The van der Waals surface area contributed by atoms with Crippen molar-refractivity contribution in [2.45, 2.75) is 70.7 Å². The Morgan fingerprint density at radius 1 is 1.12 bits per heavy atom. The minimum Gasteiger partial charge on any atom is -0.491 e. The molecular weight excluding hydrogens is 416 g/mol. The van der Waals surface area contributed by atoms with Gasteiger partial charge in [0.1, 0.15) is 18.2 Å². The summed E-state index contributed by atoms with van der Waals surface area (Å²) in [6.45, 7) is 8.26. The molecule has 1 saturated heterocycles. The van der Waals surface area contributed by atoms with Crippen molar-refractivity contribution < 1.29 is 14.3 Å². The fourth-order valence-electron chi connectivity index (χ4n) is 5.19. The summed E-state index contributed by atoms with van der Waals surface area (Å²) >= 11 is 0.